The molecule has 0 aromatic carbocycles. The van der Waals surface area contributed by atoms with E-state index in [4.69, 9.17) is 24.7 Å². The molecule has 1 unspecified atom stereocenters. The molecule has 4 heterocycles. The van der Waals surface area contributed by atoms with Crippen molar-refractivity contribution in [1.82, 2.24) is 19.5 Å². The second kappa shape index (κ2) is 6.71. The molecule has 4 rings (SSSR count). The number of rotatable bonds is 4. The molecule has 2 aromatic heterocycles. The second-order valence-electron chi connectivity index (χ2n) is 9.49. The Hall–Kier alpha value is -1.59. The van der Waals surface area contributed by atoms with E-state index in [1.807, 2.05) is 46.1 Å². The summed E-state index contributed by atoms with van der Waals surface area (Å²) in [5, 5.41) is -0.554. The van der Waals surface area contributed by atoms with Crippen molar-refractivity contribution < 1.29 is 18.9 Å². The van der Waals surface area contributed by atoms with Crippen molar-refractivity contribution in [3.05, 3.63) is 12.7 Å². The summed E-state index contributed by atoms with van der Waals surface area (Å²) in [6, 6.07) is 0. The SMILES string of the molecule is CO[C@H]1[C@H](n2cnc3c(N)ncnc32)O[C@@]2([Si]C2OC(C)(C)C)[C@H]1OC(C)(C)C. The summed E-state index contributed by atoms with van der Waals surface area (Å²) < 4.78 is 27.2. The van der Waals surface area contributed by atoms with E-state index in [2.05, 4.69) is 15.0 Å². The number of hydrogen-bond donors (Lipinski definition) is 1. The lowest BCUT2D eigenvalue weighted by atomic mass is 10.1. The van der Waals surface area contributed by atoms with Crippen LogP contribution in [0.5, 0.6) is 0 Å². The van der Waals surface area contributed by atoms with Crippen LogP contribution in [0.2, 0.25) is 0 Å². The predicted octanol–water partition coefficient (Wildman–Crippen LogP) is 1.69. The van der Waals surface area contributed by atoms with Crippen molar-refractivity contribution in [1.29, 1.82) is 0 Å². The Labute approximate surface area is 173 Å². The van der Waals surface area contributed by atoms with Crippen LogP contribution in [0.3, 0.4) is 0 Å². The normalized spacial score (nSPS) is 32.4. The first-order chi connectivity index (χ1) is 13.5. The quantitative estimate of drug-likeness (QED) is 0.746. The van der Waals surface area contributed by atoms with Crippen LogP contribution in [0.1, 0.15) is 47.8 Å². The Morgan fingerprint density at radius 2 is 1.79 bits per heavy atom. The lowest BCUT2D eigenvalue weighted by Crippen LogP contribution is -2.44. The third-order valence-corrected chi connectivity index (χ3v) is 6.48. The van der Waals surface area contributed by atoms with Gasteiger partial charge in [-0.1, -0.05) is 0 Å². The standard InChI is InChI=1S/C19H29N5O4Si/c1-17(2,3)26-12-11(25-7)15(27-19(12)16(29-19)28-18(4,5)6)24-9-23-10-13(20)21-8-22-14(10)24/h8-9,11-12,15-16H,1-7H3,(H2,20,21,22)/t11-,12+,15-,16?,19-/m1/s1. The van der Waals surface area contributed by atoms with E-state index >= 15 is 0 Å². The zero-order chi connectivity index (χ0) is 21.2. The number of hydrogen-bond acceptors (Lipinski definition) is 8. The number of nitrogens with two attached hydrogens (primary N) is 1. The van der Waals surface area contributed by atoms with E-state index in [0.717, 1.165) is 0 Å². The lowest BCUT2D eigenvalue weighted by molar-refractivity contribution is -0.143. The average molecular weight is 420 g/mol. The van der Waals surface area contributed by atoms with Gasteiger partial charge in [-0.05, 0) is 41.5 Å². The summed E-state index contributed by atoms with van der Waals surface area (Å²) >= 11 is 0. The molecule has 2 N–H and O–H groups in total. The minimum Gasteiger partial charge on any atom is -0.382 e. The van der Waals surface area contributed by atoms with Gasteiger partial charge in [-0.3, -0.25) is 4.57 Å². The number of methoxy groups -OCH3 is 1. The Kier molecular flexibility index (Phi) is 4.78. The Bertz CT molecular complexity index is 908. The van der Waals surface area contributed by atoms with Gasteiger partial charge in [-0.25, -0.2) is 15.0 Å². The molecule has 10 heteroatoms. The zero-order valence-electron chi connectivity index (χ0n) is 18.0. The molecule has 2 radical (unpaired) electrons. The molecule has 158 valence electrons. The highest BCUT2D eigenvalue weighted by molar-refractivity contribution is 6.56. The van der Waals surface area contributed by atoms with Crippen LogP contribution in [-0.2, 0) is 18.9 Å². The predicted molar refractivity (Wildman–Crippen MR) is 108 cm³/mol. The molecule has 0 saturated carbocycles. The summed E-state index contributed by atoms with van der Waals surface area (Å²) in [5.74, 6) is 0.333. The molecule has 0 aliphatic carbocycles. The van der Waals surface area contributed by atoms with E-state index in [1.54, 1.807) is 13.4 Å². The van der Waals surface area contributed by atoms with Gasteiger partial charge in [0.25, 0.3) is 0 Å². The van der Waals surface area contributed by atoms with Gasteiger partial charge in [-0.15, -0.1) is 0 Å². The van der Waals surface area contributed by atoms with Crippen LogP contribution < -0.4 is 5.73 Å². The van der Waals surface area contributed by atoms with Gasteiger partial charge >= 0.3 is 0 Å². The molecular formula is C19H29N5O4Si. The van der Waals surface area contributed by atoms with E-state index in [9.17, 15) is 0 Å². The monoisotopic (exact) mass is 419 g/mol. The highest BCUT2D eigenvalue weighted by Crippen LogP contribution is 2.52. The Balaban J connectivity index is 1.73. The molecule has 9 nitrogen and oxygen atoms in total. The number of ether oxygens (including phenoxy) is 4. The molecule has 2 fully saturated rings. The Morgan fingerprint density at radius 3 is 2.41 bits per heavy atom. The minimum atomic E-state index is -0.554. The van der Waals surface area contributed by atoms with Gasteiger partial charge in [0.2, 0.25) is 0 Å². The van der Waals surface area contributed by atoms with Crippen molar-refractivity contribution in [2.24, 2.45) is 0 Å². The Morgan fingerprint density at radius 1 is 1.10 bits per heavy atom. The average Bonchev–Trinajstić information content (AvgIpc) is 2.95. The van der Waals surface area contributed by atoms with Gasteiger partial charge in [0, 0.05) is 7.11 Å². The van der Waals surface area contributed by atoms with Gasteiger partial charge < -0.3 is 24.7 Å². The van der Waals surface area contributed by atoms with Gasteiger partial charge in [-0.2, -0.15) is 0 Å². The van der Waals surface area contributed by atoms with Crippen LogP contribution >= 0.6 is 0 Å². The molecule has 1 spiro atoms. The summed E-state index contributed by atoms with van der Waals surface area (Å²) in [7, 11) is 2.12. The number of fused-ring (bicyclic) bond motifs is 1. The maximum absolute atomic E-state index is 6.63. The maximum Gasteiger partial charge on any atom is 0.167 e. The third kappa shape index (κ3) is 3.68. The largest absolute Gasteiger partial charge is 0.382 e. The highest BCUT2D eigenvalue weighted by Gasteiger charge is 2.73. The summed E-state index contributed by atoms with van der Waals surface area (Å²) in [4.78, 5) is 12.8. The van der Waals surface area contributed by atoms with Crippen LogP contribution in [0, 0.1) is 0 Å². The molecule has 5 atom stereocenters. The van der Waals surface area contributed by atoms with Crippen LogP contribution in [0.4, 0.5) is 5.82 Å². The minimum absolute atomic E-state index is 0.0491. The molecule has 2 aliphatic heterocycles. The van der Waals surface area contributed by atoms with Crippen LogP contribution in [0.15, 0.2) is 12.7 Å². The number of nitrogen functional groups attached to an aromatic ring is 1. The van der Waals surface area contributed by atoms with E-state index < -0.39 is 11.5 Å². The van der Waals surface area contributed by atoms with Crippen molar-refractivity contribution >= 4 is 26.5 Å². The van der Waals surface area contributed by atoms with Gasteiger partial charge in [0.1, 0.15) is 38.8 Å². The smallest absolute Gasteiger partial charge is 0.167 e. The molecule has 2 aromatic rings. The topological polar surface area (TPSA) is 107 Å². The first-order valence-electron chi connectivity index (χ1n) is 9.72. The van der Waals surface area contributed by atoms with Crippen molar-refractivity contribution in [3.8, 4) is 0 Å². The molecule has 0 amide bonds. The number of anilines is 1. The fourth-order valence-corrected chi connectivity index (χ4v) is 5.34. The van der Waals surface area contributed by atoms with Crippen molar-refractivity contribution in [2.75, 3.05) is 12.8 Å². The molecular weight excluding hydrogens is 390 g/mol. The van der Waals surface area contributed by atoms with E-state index in [0.29, 0.717) is 26.5 Å². The summed E-state index contributed by atoms with van der Waals surface area (Å²) in [5.41, 5.74) is 6.42. The third-order valence-electron chi connectivity index (χ3n) is 4.87. The van der Waals surface area contributed by atoms with Crippen molar-refractivity contribution in [3.63, 3.8) is 0 Å². The fraction of sp³-hybridized carbons (Fsp3) is 0.737. The molecule has 2 saturated heterocycles. The first kappa shape index (κ1) is 20.7. The molecule has 29 heavy (non-hydrogen) atoms. The fourth-order valence-electron chi connectivity index (χ4n) is 3.74. The van der Waals surface area contributed by atoms with Crippen LogP contribution in [-0.4, -0.2) is 70.5 Å². The van der Waals surface area contributed by atoms with Crippen LogP contribution in [0.25, 0.3) is 11.2 Å². The first-order valence-corrected chi connectivity index (χ1v) is 10.8. The van der Waals surface area contributed by atoms with E-state index in [-0.39, 0.29) is 29.1 Å². The summed E-state index contributed by atoms with van der Waals surface area (Å²) in [6.45, 7) is 12.2. The lowest BCUT2D eigenvalue weighted by Gasteiger charge is -2.32. The van der Waals surface area contributed by atoms with E-state index in [1.165, 1.54) is 6.33 Å². The number of nitrogens with zero attached hydrogens (tertiary/aromatic N) is 4. The van der Waals surface area contributed by atoms with Gasteiger partial charge in [0.15, 0.2) is 17.7 Å². The molecule has 2 aliphatic rings. The zero-order valence-corrected chi connectivity index (χ0v) is 19.0. The van der Waals surface area contributed by atoms with Crippen molar-refractivity contribution in [2.45, 2.75) is 82.1 Å². The van der Waals surface area contributed by atoms with Gasteiger partial charge in [0.05, 0.1) is 23.3 Å². The highest BCUT2D eigenvalue weighted by atomic mass is 28.2. The summed E-state index contributed by atoms with van der Waals surface area (Å²) in [6.07, 6.45) is 1.98. The molecule has 0 bridgehead atoms. The number of aromatic nitrogens is 4. The second-order valence-corrected chi connectivity index (χ2v) is 11.1. The number of imidazole rings is 1. The maximum atomic E-state index is 6.63.